The second kappa shape index (κ2) is 5.91. The number of ketones is 1. The summed E-state index contributed by atoms with van der Waals surface area (Å²) >= 11 is 5.67. The molecule has 0 heterocycles. The van der Waals surface area contributed by atoms with Crippen molar-refractivity contribution < 1.29 is 22.0 Å². The molecule has 0 bridgehead atoms. The monoisotopic (exact) mass is 330 g/mol. The molecule has 7 heteroatoms. The molecule has 2 aromatic carbocycles. The van der Waals surface area contributed by atoms with Crippen LogP contribution in [0.4, 0.5) is 8.78 Å². The van der Waals surface area contributed by atoms with E-state index in [2.05, 4.69) is 0 Å². The molecule has 0 amide bonds. The third-order valence-corrected chi connectivity index (χ3v) is 4.60. The van der Waals surface area contributed by atoms with Gasteiger partial charge in [-0.05, 0) is 42.5 Å². The first-order valence-corrected chi connectivity index (χ1v) is 7.79. The Balaban J connectivity index is 2.26. The van der Waals surface area contributed by atoms with Gasteiger partial charge in [0, 0.05) is 10.6 Å². The predicted octanol–water partition coefficient (Wildman–Crippen LogP) is 3.27. The summed E-state index contributed by atoms with van der Waals surface area (Å²) in [6, 6.07) is 7.88. The summed E-state index contributed by atoms with van der Waals surface area (Å²) in [6.45, 7) is 0. The first kappa shape index (κ1) is 15.6. The van der Waals surface area contributed by atoms with E-state index in [0.29, 0.717) is 17.2 Å². The maximum atomic E-state index is 13.1. The summed E-state index contributed by atoms with van der Waals surface area (Å²) in [7, 11) is -4.05. The van der Waals surface area contributed by atoms with Crippen molar-refractivity contribution in [2.75, 3.05) is 5.75 Å². The third kappa shape index (κ3) is 3.65. The molecule has 0 radical (unpaired) electrons. The molecule has 0 aliphatic rings. The van der Waals surface area contributed by atoms with Gasteiger partial charge in [-0.15, -0.1) is 0 Å². The molecule has 2 rings (SSSR count). The number of carbonyl (C=O) groups is 1. The zero-order valence-electron chi connectivity index (χ0n) is 10.5. The molecule has 21 heavy (non-hydrogen) atoms. The Hall–Kier alpha value is -1.79. The van der Waals surface area contributed by atoms with Crippen molar-refractivity contribution in [3.05, 3.63) is 64.7 Å². The molecule has 110 valence electrons. The molecule has 0 aliphatic carbocycles. The maximum absolute atomic E-state index is 13.1. The van der Waals surface area contributed by atoms with Crippen LogP contribution in [0, 0.1) is 11.6 Å². The Kier molecular flexibility index (Phi) is 4.39. The zero-order valence-corrected chi connectivity index (χ0v) is 12.1. The highest BCUT2D eigenvalue weighted by Crippen LogP contribution is 2.17. The van der Waals surface area contributed by atoms with Gasteiger partial charge in [0.25, 0.3) is 0 Å². The van der Waals surface area contributed by atoms with E-state index in [0.717, 1.165) is 6.07 Å². The minimum absolute atomic E-state index is 0.172. The molecule has 0 saturated carbocycles. The van der Waals surface area contributed by atoms with Crippen LogP contribution in [0.25, 0.3) is 0 Å². The molecule has 0 fully saturated rings. The molecule has 0 N–H and O–H groups in total. The van der Waals surface area contributed by atoms with E-state index in [9.17, 15) is 22.0 Å². The van der Waals surface area contributed by atoms with E-state index in [4.69, 9.17) is 11.6 Å². The van der Waals surface area contributed by atoms with E-state index in [1.807, 2.05) is 0 Å². The number of halogens is 3. The topological polar surface area (TPSA) is 51.2 Å². The normalized spacial score (nSPS) is 11.4. The number of carbonyl (C=O) groups excluding carboxylic acids is 1. The van der Waals surface area contributed by atoms with Crippen LogP contribution in [0.2, 0.25) is 5.02 Å². The van der Waals surface area contributed by atoms with Gasteiger partial charge in [-0.1, -0.05) is 11.6 Å². The lowest BCUT2D eigenvalue weighted by Gasteiger charge is -2.05. The molecular weight excluding hydrogens is 322 g/mol. The Morgan fingerprint density at radius 1 is 1.00 bits per heavy atom. The molecule has 2 aromatic rings. The van der Waals surface area contributed by atoms with Crippen molar-refractivity contribution in [3.63, 3.8) is 0 Å². The fraction of sp³-hybridized carbons (Fsp3) is 0.0714. The minimum atomic E-state index is -4.05. The van der Waals surface area contributed by atoms with Crippen molar-refractivity contribution in [2.24, 2.45) is 0 Å². The average molecular weight is 331 g/mol. The molecular formula is C14H9ClF2O3S. The van der Waals surface area contributed by atoms with Crippen molar-refractivity contribution in [1.29, 1.82) is 0 Å². The quantitative estimate of drug-likeness (QED) is 0.638. The molecule has 0 aromatic heterocycles. The second-order valence-electron chi connectivity index (χ2n) is 4.27. The fourth-order valence-corrected chi connectivity index (χ4v) is 3.01. The van der Waals surface area contributed by atoms with Gasteiger partial charge in [-0.2, -0.15) is 0 Å². The lowest BCUT2D eigenvalue weighted by Crippen LogP contribution is -2.16. The Morgan fingerprint density at radius 2 is 1.62 bits per heavy atom. The van der Waals surface area contributed by atoms with Crippen molar-refractivity contribution in [2.45, 2.75) is 4.90 Å². The summed E-state index contributed by atoms with van der Waals surface area (Å²) in [5, 5.41) is 0.412. The van der Waals surface area contributed by atoms with Crippen molar-refractivity contribution in [3.8, 4) is 0 Å². The molecule has 3 nitrogen and oxygen atoms in total. The lowest BCUT2D eigenvalue weighted by molar-refractivity contribution is 0.102. The van der Waals surface area contributed by atoms with Crippen LogP contribution in [0.5, 0.6) is 0 Å². The van der Waals surface area contributed by atoms with E-state index >= 15 is 0 Å². The maximum Gasteiger partial charge on any atom is 0.185 e. The van der Waals surface area contributed by atoms with Gasteiger partial charge in [0.15, 0.2) is 27.3 Å². The standard InChI is InChI=1S/C14H9ClF2O3S/c15-10-3-1-9(2-4-10)14(18)8-21(19,20)11-5-6-12(16)13(17)7-11/h1-7H,8H2. The van der Waals surface area contributed by atoms with Crippen LogP contribution in [0.15, 0.2) is 47.4 Å². The van der Waals surface area contributed by atoms with Gasteiger partial charge in [-0.25, -0.2) is 17.2 Å². The Morgan fingerprint density at radius 3 is 2.19 bits per heavy atom. The third-order valence-electron chi connectivity index (χ3n) is 2.74. The van der Waals surface area contributed by atoms with Crippen molar-refractivity contribution >= 4 is 27.2 Å². The van der Waals surface area contributed by atoms with E-state index in [1.165, 1.54) is 24.3 Å². The first-order valence-electron chi connectivity index (χ1n) is 5.76. The highest BCUT2D eigenvalue weighted by Gasteiger charge is 2.21. The SMILES string of the molecule is O=C(CS(=O)(=O)c1ccc(F)c(F)c1)c1ccc(Cl)cc1. The van der Waals surface area contributed by atoms with Crippen LogP contribution in [-0.4, -0.2) is 20.0 Å². The molecule has 0 unspecified atom stereocenters. The van der Waals surface area contributed by atoms with E-state index in [-0.39, 0.29) is 5.56 Å². The van der Waals surface area contributed by atoms with Crippen LogP contribution in [0.1, 0.15) is 10.4 Å². The van der Waals surface area contributed by atoms with Crippen LogP contribution in [0.3, 0.4) is 0 Å². The summed E-state index contributed by atoms with van der Waals surface area (Å²) < 4.78 is 49.9. The summed E-state index contributed by atoms with van der Waals surface area (Å²) in [5.41, 5.74) is 0.172. The van der Waals surface area contributed by atoms with Gasteiger partial charge < -0.3 is 0 Å². The molecule has 0 spiro atoms. The summed E-state index contributed by atoms with van der Waals surface area (Å²) in [5.74, 6) is -3.93. The van der Waals surface area contributed by atoms with Crippen LogP contribution < -0.4 is 0 Å². The van der Waals surface area contributed by atoms with Gasteiger partial charge >= 0.3 is 0 Å². The molecule has 0 saturated heterocycles. The fourth-order valence-electron chi connectivity index (χ4n) is 1.65. The van der Waals surface area contributed by atoms with Gasteiger partial charge in [0.05, 0.1) is 4.90 Å². The highest BCUT2D eigenvalue weighted by molar-refractivity contribution is 7.92. The number of hydrogen-bond donors (Lipinski definition) is 0. The number of sulfone groups is 1. The second-order valence-corrected chi connectivity index (χ2v) is 6.69. The average Bonchev–Trinajstić information content (AvgIpc) is 2.42. The Labute approximate surface area is 125 Å². The van der Waals surface area contributed by atoms with E-state index < -0.39 is 37.9 Å². The van der Waals surface area contributed by atoms with Gasteiger partial charge in [-0.3, -0.25) is 4.79 Å². The molecule has 0 aliphatic heterocycles. The van der Waals surface area contributed by atoms with Crippen LogP contribution in [-0.2, 0) is 9.84 Å². The zero-order chi connectivity index (χ0) is 15.6. The lowest BCUT2D eigenvalue weighted by atomic mass is 10.1. The number of benzene rings is 2. The number of rotatable bonds is 4. The minimum Gasteiger partial charge on any atom is -0.293 e. The number of hydrogen-bond acceptors (Lipinski definition) is 3. The predicted molar refractivity (Wildman–Crippen MR) is 74.2 cm³/mol. The van der Waals surface area contributed by atoms with E-state index in [1.54, 1.807) is 0 Å². The van der Waals surface area contributed by atoms with Gasteiger partial charge in [0.2, 0.25) is 0 Å². The van der Waals surface area contributed by atoms with Crippen LogP contribution >= 0.6 is 11.6 Å². The van der Waals surface area contributed by atoms with Gasteiger partial charge in [0.1, 0.15) is 5.75 Å². The smallest absolute Gasteiger partial charge is 0.185 e. The molecule has 0 atom stereocenters. The Bertz CT molecular complexity index is 786. The first-order chi connectivity index (χ1) is 9.79. The summed E-state index contributed by atoms with van der Waals surface area (Å²) in [4.78, 5) is 11.5. The highest BCUT2D eigenvalue weighted by atomic mass is 35.5. The largest absolute Gasteiger partial charge is 0.293 e. The summed E-state index contributed by atoms with van der Waals surface area (Å²) in [6.07, 6.45) is 0. The number of Topliss-reactive ketones (excluding diaryl/α,β-unsaturated/α-hetero) is 1. The van der Waals surface area contributed by atoms with Crippen molar-refractivity contribution in [1.82, 2.24) is 0 Å².